The zero-order valence-corrected chi connectivity index (χ0v) is 15.7. The Kier molecular flexibility index (Phi) is 6.05. The maximum absolute atomic E-state index is 12.2. The van der Waals surface area contributed by atoms with Gasteiger partial charge in [-0.2, -0.15) is 4.68 Å². The molecule has 8 nitrogen and oxygen atoms in total. The first-order valence-corrected chi connectivity index (χ1v) is 9.08. The highest BCUT2D eigenvalue weighted by Gasteiger charge is 2.12. The number of hydrogen-bond acceptors (Lipinski definition) is 7. The second-order valence-electron chi connectivity index (χ2n) is 5.26. The number of benzene rings is 2. The molecule has 138 valence electrons. The van der Waals surface area contributed by atoms with Crippen LogP contribution in [0.3, 0.4) is 0 Å². The van der Waals surface area contributed by atoms with Crippen LogP contribution >= 0.6 is 23.4 Å². The van der Waals surface area contributed by atoms with Crippen LogP contribution in [-0.2, 0) is 9.53 Å². The highest BCUT2D eigenvalue weighted by Crippen LogP contribution is 2.20. The topological polar surface area (TPSA) is 99.0 Å². The highest BCUT2D eigenvalue weighted by atomic mass is 35.5. The first-order valence-electron chi connectivity index (χ1n) is 7.72. The van der Waals surface area contributed by atoms with Crippen molar-refractivity contribution < 1.29 is 14.3 Å². The van der Waals surface area contributed by atoms with E-state index in [4.69, 9.17) is 11.6 Å². The molecule has 2 aromatic carbocycles. The minimum absolute atomic E-state index is 0.118. The Hall–Kier alpha value is -2.91. The minimum Gasteiger partial charge on any atom is -0.465 e. The quantitative estimate of drug-likeness (QED) is 0.499. The number of nitrogens with one attached hydrogen (secondary N) is 1. The molecule has 3 rings (SSSR count). The SMILES string of the molecule is COC(=O)c1ccc(NC(=O)CSc2nnnn2-c2ccc(Cl)cc2)cc1. The Bertz CT molecular complexity index is 944. The summed E-state index contributed by atoms with van der Waals surface area (Å²) in [7, 11) is 1.31. The smallest absolute Gasteiger partial charge is 0.337 e. The molecule has 0 atom stereocenters. The summed E-state index contributed by atoms with van der Waals surface area (Å²) in [6, 6.07) is 13.5. The average molecular weight is 404 g/mol. The van der Waals surface area contributed by atoms with Gasteiger partial charge in [0.15, 0.2) is 0 Å². The van der Waals surface area contributed by atoms with Gasteiger partial charge in [-0.05, 0) is 59.0 Å². The van der Waals surface area contributed by atoms with E-state index >= 15 is 0 Å². The Morgan fingerprint density at radius 3 is 2.52 bits per heavy atom. The molecule has 0 bridgehead atoms. The summed E-state index contributed by atoms with van der Waals surface area (Å²) in [4.78, 5) is 23.6. The molecule has 0 aliphatic carbocycles. The summed E-state index contributed by atoms with van der Waals surface area (Å²) in [5.41, 5.74) is 1.73. The van der Waals surface area contributed by atoms with Crippen molar-refractivity contribution in [3.63, 3.8) is 0 Å². The summed E-state index contributed by atoms with van der Waals surface area (Å²) < 4.78 is 6.16. The van der Waals surface area contributed by atoms with Crippen molar-refractivity contribution in [2.24, 2.45) is 0 Å². The highest BCUT2D eigenvalue weighted by molar-refractivity contribution is 7.99. The normalized spacial score (nSPS) is 10.4. The molecular formula is C17H14ClN5O3S. The number of carbonyl (C=O) groups is 2. The molecule has 1 heterocycles. The first-order chi connectivity index (χ1) is 13.1. The molecule has 0 saturated heterocycles. The summed E-state index contributed by atoms with van der Waals surface area (Å²) in [6.45, 7) is 0. The van der Waals surface area contributed by atoms with Gasteiger partial charge in [-0.15, -0.1) is 5.10 Å². The number of rotatable bonds is 6. The van der Waals surface area contributed by atoms with Gasteiger partial charge >= 0.3 is 5.97 Å². The number of tetrazole rings is 1. The van der Waals surface area contributed by atoms with Gasteiger partial charge in [-0.3, -0.25) is 4.79 Å². The van der Waals surface area contributed by atoms with Crippen LogP contribution < -0.4 is 5.32 Å². The van der Waals surface area contributed by atoms with Crippen molar-refractivity contribution in [2.45, 2.75) is 5.16 Å². The predicted molar refractivity (Wildman–Crippen MR) is 101 cm³/mol. The van der Waals surface area contributed by atoms with E-state index in [9.17, 15) is 9.59 Å². The number of ether oxygens (including phenoxy) is 1. The zero-order chi connectivity index (χ0) is 19.2. The molecule has 0 spiro atoms. The van der Waals surface area contributed by atoms with E-state index in [1.54, 1.807) is 48.5 Å². The fraction of sp³-hybridized carbons (Fsp3) is 0.118. The van der Waals surface area contributed by atoms with Crippen LogP contribution in [0.4, 0.5) is 5.69 Å². The number of nitrogens with zero attached hydrogens (tertiary/aromatic N) is 4. The monoisotopic (exact) mass is 403 g/mol. The Morgan fingerprint density at radius 2 is 1.85 bits per heavy atom. The lowest BCUT2D eigenvalue weighted by Crippen LogP contribution is -2.14. The number of carbonyl (C=O) groups excluding carboxylic acids is 2. The summed E-state index contributed by atoms with van der Waals surface area (Å²) in [5.74, 6) is -0.541. The fourth-order valence-electron chi connectivity index (χ4n) is 2.15. The van der Waals surface area contributed by atoms with Crippen molar-refractivity contribution in [1.82, 2.24) is 20.2 Å². The fourth-order valence-corrected chi connectivity index (χ4v) is 2.96. The Morgan fingerprint density at radius 1 is 1.15 bits per heavy atom. The maximum atomic E-state index is 12.2. The third-order valence-corrected chi connectivity index (χ3v) is 4.61. The minimum atomic E-state index is -0.433. The summed E-state index contributed by atoms with van der Waals surface area (Å²) >= 11 is 7.08. The number of methoxy groups -OCH3 is 1. The lowest BCUT2D eigenvalue weighted by atomic mass is 10.2. The van der Waals surface area contributed by atoms with E-state index in [-0.39, 0.29) is 11.7 Å². The molecule has 0 fully saturated rings. The van der Waals surface area contributed by atoms with Crippen LogP contribution in [0.15, 0.2) is 53.7 Å². The molecule has 1 N–H and O–H groups in total. The van der Waals surface area contributed by atoms with E-state index in [2.05, 4.69) is 25.6 Å². The van der Waals surface area contributed by atoms with Crippen molar-refractivity contribution >= 4 is 40.9 Å². The first kappa shape index (κ1) is 18.9. The molecule has 0 unspecified atom stereocenters. The van der Waals surface area contributed by atoms with E-state index < -0.39 is 5.97 Å². The van der Waals surface area contributed by atoms with Crippen LogP contribution in [-0.4, -0.2) is 44.9 Å². The maximum Gasteiger partial charge on any atom is 0.337 e. The molecule has 0 radical (unpaired) electrons. The van der Waals surface area contributed by atoms with Gasteiger partial charge in [0, 0.05) is 10.7 Å². The van der Waals surface area contributed by atoms with Crippen LogP contribution in [0.5, 0.6) is 0 Å². The van der Waals surface area contributed by atoms with Crippen molar-refractivity contribution in [2.75, 3.05) is 18.2 Å². The number of halogens is 1. The van der Waals surface area contributed by atoms with Crippen molar-refractivity contribution in [1.29, 1.82) is 0 Å². The molecule has 27 heavy (non-hydrogen) atoms. The number of amides is 1. The van der Waals surface area contributed by atoms with Gasteiger partial charge in [-0.1, -0.05) is 23.4 Å². The summed E-state index contributed by atoms with van der Waals surface area (Å²) in [6.07, 6.45) is 0. The lowest BCUT2D eigenvalue weighted by Gasteiger charge is -2.06. The number of aromatic nitrogens is 4. The van der Waals surface area contributed by atoms with Crippen LogP contribution in [0.1, 0.15) is 10.4 Å². The van der Waals surface area contributed by atoms with Crippen LogP contribution in [0, 0.1) is 0 Å². The third kappa shape index (κ3) is 4.83. The zero-order valence-electron chi connectivity index (χ0n) is 14.1. The van der Waals surface area contributed by atoms with Crippen molar-refractivity contribution in [3.8, 4) is 5.69 Å². The van der Waals surface area contributed by atoms with Gasteiger partial charge < -0.3 is 10.1 Å². The second kappa shape index (κ2) is 8.65. The predicted octanol–water partition coefficient (Wildman–Crippen LogP) is 2.83. The molecule has 0 aliphatic heterocycles. The van der Waals surface area contributed by atoms with Gasteiger partial charge in [0.2, 0.25) is 11.1 Å². The molecule has 1 amide bonds. The molecule has 1 aromatic heterocycles. The third-order valence-electron chi connectivity index (χ3n) is 3.43. The molecule has 3 aromatic rings. The standard InChI is InChI=1S/C17H14ClN5O3S/c1-26-16(25)11-2-6-13(7-3-11)19-15(24)10-27-17-20-21-22-23(17)14-8-4-12(18)5-9-14/h2-9H,10H2,1H3,(H,19,24). The van der Waals surface area contributed by atoms with E-state index in [0.717, 1.165) is 5.69 Å². The van der Waals surface area contributed by atoms with Crippen LogP contribution in [0.25, 0.3) is 5.69 Å². The Labute approximate surface area is 163 Å². The largest absolute Gasteiger partial charge is 0.465 e. The number of esters is 1. The van der Waals surface area contributed by atoms with E-state index in [0.29, 0.717) is 21.4 Å². The van der Waals surface area contributed by atoms with E-state index in [1.807, 2.05) is 0 Å². The Balaban J connectivity index is 1.59. The molecular weight excluding hydrogens is 390 g/mol. The second-order valence-corrected chi connectivity index (χ2v) is 6.63. The molecule has 0 saturated carbocycles. The molecule has 0 aliphatic rings. The number of hydrogen-bond donors (Lipinski definition) is 1. The number of thioether (sulfide) groups is 1. The van der Waals surface area contributed by atoms with E-state index in [1.165, 1.54) is 23.6 Å². The number of anilines is 1. The van der Waals surface area contributed by atoms with Gasteiger partial charge in [0.25, 0.3) is 0 Å². The molecule has 10 heteroatoms. The summed E-state index contributed by atoms with van der Waals surface area (Å²) in [5, 5.41) is 15.4. The average Bonchev–Trinajstić information content (AvgIpc) is 3.15. The van der Waals surface area contributed by atoms with Gasteiger partial charge in [-0.25, -0.2) is 4.79 Å². The lowest BCUT2D eigenvalue weighted by molar-refractivity contribution is -0.113. The van der Waals surface area contributed by atoms with Crippen molar-refractivity contribution in [3.05, 3.63) is 59.1 Å². The van der Waals surface area contributed by atoms with Crippen LogP contribution in [0.2, 0.25) is 5.02 Å². The van der Waals surface area contributed by atoms with Gasteiger partial charge in [0.1, 0.15) is 0 Å². The van der Waals surface area contributed by atoms with Gasteiger partial charge in [0.05, 0.1) is 24.1 Å².